The van der Waals surface area contributed by atoms with Gasteiger partial charge in [-0.15, -0.1) is 0 Å². The summed E-state index contributed by atoms with van der Waals surface area (Å²) in [6.45, 7) is 4.64. The van der Waals surface area contributed by atoms with Gasteiger partial charge in [-0.25, -0.2) is 4.79 Å². The fourth-order valence-electron chi connectivity index (χ4n) is 4.21. The first-order valence-corrected chi connectivity index (χ1v) is 11.5. The molecule has 0 fully saturated rings. The Labute approximate surface area is 197 Å². The van der Waals surface area contributed by atoms with Crippen LogP contribution in [0.4, 0.5) is 0 Å². The molecule has 1 N–H and O–H groups in total. The van der Waals surface area contributed by atoms with E-state index in [1.807, 2.05) is 67.6 Å². The maximum atomic E-state index is 13.4. The van der Waals surface area contributed by atoms with Gasteiger partial charge in [0.25, 0.3) is 5.56 Å². The first-order valence-electron chi connectivity index (χ1n) is 11.5. The van der Waals surface area contributed by atoms with Crippen LogP contribution in [-0.4, -0.2) is 31.4 Å². The molecule has 176 valence electrons. The van der Waals surface area contributed by atoms with Gasteiger partial charge in [0.15, 0.2) is 5.52 Å². The Morgan fingerprint density at radius 1 is 0.882 bits per heavy atom. The molecule has 0 aliphatic heterocycles. The molecule has 8 nitrogen and oxygen atoms in total. The third-order valence-corrected chi connectivity index (χ3v) is 5.92. The van der Waals surface area contributed by atoms with E-state index in [1.165, 1.54) is 9.13 Å². The van der Waals surface area contributed by atoms with Crippen molar-refractivity contribution in [2.45, 2.75) is 46.3 Å². The van der Waals surface area contributed by atoms with E-state index in [1.54, 1.807) is 11.6 Å². The molecule has 4 aromatic rings. The highest BCUT2D eigenvalue weighted by Crippen LogP contribution is 2.14. The Kier molecular flexibility index (Phi) is 7.06. The second kappa shape index (κ2) is 10.3. The summed E-state index contributed by atoms with van der Waals surface area (Å²) in [7, 11) is 0. The zero-order valence-electron chi connectivity index (χ0n) is 19.5. The minimum Gasteiger partial charge on any atom is -0.354 e. The van der Waals surface area contributed by atoms with E-state index in [2.05, 4.69) is 10.4 Å². The van der Waals surface area contributed by atoms with Crippen LogP contribution in [0.3, 0.4) is 0 Å². The van der Waals surface area contributed by atoms with E-state index >= 15 is 0 Å². The smallest absolute Gasteiger partial charge is 0.332 e. The maximum absolute atomic E-state index is 13.4. The van der Waals surface area contributed by atoms with Gasteiger partial charge in [0.2, 0.25) is 5.91 Å². The lowest BCUT2D eigenvalue weighted by Crippen LogP contribution is -2.43. The van der Waals surface area contributed by atoms with Crippen molar-refractivity contribution in [1.82, 2.24) is 24.2 Å². The van der Waals surface area contributed by atoms with E-state index < -0.39 is 5.69 Å². The number of carbonyl (C=O) groups excluding carboxylic acids is 1. The van der Waals surface area contributed by atoms with Crippen molar-refractivity contribution in [2.75, 3.05) is 6.54 Å². The quantitative estimate of drug-likeness (QED) is 0.416. The molecular formula is C26H29N5O3. The normalized spacial score (nSPS) is 11.1. The Bertz CT molecular complexity index is 1400. The summed E-state index contributed by atoms with van der Waals surface area (Å²) in [4.78, 5) is 39.5. The third-order valence-electron chi connectivity index (χ3n) is 5.92. The number of rotatable bonds is 9. The first-order chi connectivity index (χ1) is 16.5. The molecule has 0 unspecified atom stereocenters. The average Bonchev–Trinajstić information content (AvgIpc) is 3.19. The molecule has 4 rings (SSSR count). The highest BCUT2D eigenvalue weighted by Gasteiger charge is 2.21. The molecule has 2 aromatic carbocycles. The minimum absolute atomic E-state index is 0.175. The van der Waals surface area contributed by atoms with Gasteiger partial charge < -0.3 is 5.32 Å². The summed E-state index contributed by atoms with van der Waals surface area (Å²) in [5.74, 6) is -0.281. The summed E-state index contributed by atoms with van der Waals surface area (Å²) < 4.78 is 4.21. The monoisotopic (exact) mass is 459 g/mol. The summed E-state index contributed by atoms with van der Waals surface area (Å²) in [5, 5.41) is 7.34. The number of nitrogens with zero attached hydrogens (tertiary/aromatic N) is 4. The molecule has 2 heterocycles. The van der Waals surface area contributed by atoms with Gasteiger partial charge in [-0.3, -0.25) is 23.4 Å². The highest BCUT2D eigenvalue weighted by atomic mass is 16.2. The Morgan fingerprint density at radius 2 is 1.50 bits per heavy atom. The van der Waals surface area contributed by atoms with Crippen molar-refractivity contribution >= 4 is 16.9 Å². The SMILES string of the molecule is CCn1nc(C)c2c1c(=O)n(CCc1ccccc1)c(=O)n2CC(=O)NCCc1ccccc1. The molecule has 1 amide bonds. The van der Waals surface area contributed by atoms with Crippen LogP contribution in [0.25, 0.3) is 11.0 Å². The van der Waals surface area contributed by atoms with Crippen LogP contribution >= 0.6 is 0 Å². The lowest BCUT2D eigenvalue weighted by molar-refractivity contribution is -0.121. The largest absolute Gasteiger partial charge is 0.354 e. The second-order valence-electron chi connectivity index (χ2n) is 8.25. The molecule has 0 aliphatic rings. The van der Waals surface area contributed by atoms with Gasteiger partial charge >= 0.3 is 5.69 Å². The van der Waals surface area contributed by atoms with E-state index in [0.29, 0.717) is 42.7 Å². The lowest BCUT2D eigenvalue weighted by Gasteiger charge is -2.13. The fourth-order valence-corrected chi connectivity index (χ4v) is 4.21. The number of aromatic nitrogens is 4. The lowest BCUT2D eigenvalue weighted by atomic mass is 10.1. The van der Waals surface area contributed by atoms with Crippen LogP contribution in [0.2, 0.25) is 0 Å². The average molecular weight is 460 g/mol. The molecule has 34 heavy (non-hydrogen) atoms. The van der Waals surface area contributed by atoms with Crippen molar-refractivity contribution in [2.24, 2.45) is 0 Å². The van der Waals surface area contributed by atoms with Crippen molar-refractivity contribution < 1.29 is 4.79 Å². The fraction of sp³-hybridized carbons (Fsp3) is 0.308. The van der Waals surface area contributed by atoms with Crippen LogP contribution < -0.4 is 16.6 Å². The van der Waals surface area contributed by atoms with E-state index in [9.17, 15) is 14.4 Å². The van der Waals surface area contributed by atoms with E-state index in [0.717, 1.165) is 11.1 Å². The number of aryl methyl sites for hydroxylation is 3. The zero-order valence-corrected chi connectivity index (χ0v) is 19.5. The number of fused-ring (bicyclic) bond motifs is 1. The molecule has 0 atom stereocenters. The van der Waals surface area contributed by atoms with Gasteiger partial charge in [-0.1, -0.05) is 60.7 Å². The number of carbonyl (C=O) groups is 1. The van der Waals surface area contributed by atoms with Crippen molar-refractivity contribution in [3.05, 3.63) is 98.3 Å². The van der Waals surface area contributed by atoms with Crippen molar-refractivity contribution in [1.29, 1.82) is 0 Å². The van der Waals surface area contributed by atoms with Crippen molar-refractivity contribution in [3.8, 4) is 0 Å². The predicted molar refractivity (Wildman–Crippen MR) is 132 cm³/mol. The van der Waals surface area contributed by atoms with Crippen LogP contribution in [0.5, 0.6) is 0 Å². The molecule has 8 heteroatoms. The molecular weight excluding hydrogens is 430 g/mol. The maximum Gasteiger partial charge on any atom is 0.332 e. The van der Waals surface area contributed by atoms with E-state index in [4.69, 9.17) is 0 Å². The molecule has 0 bridgehead atoms. The van der Waals surface area contributed by atoms with Gasteiger partial charge in [0, 0.05) is 19.6 Å². The number of hydrogen-bond acceptors (Lipinski definition) is 4. The van der Waals surface area contributed by atoms with Gasteiger partial charge in [0.1, 0.15) is 12.1 Å². The van der Waals surface area contributed by atoms with Crippen molar-refractivity contribution in [3.63, 3.8) is 0 Å². The Hall–Kier alpha value is -3.94. The summed E-state index contributed by atoms with van der Waals surface area (Å²) >= 11 is 0. The molecule has 0 spiro atoms. The summed E-state index contributed by atoms with van der Waals surface area (Å²) in [5.41, 5.74) is 2.61. The molecule has 0 saturated heterocycles. The van der Waals surface area contributed by atoms with Crippen LogP contribution in [-0.2, 0) is 37.3 Å². The zero-order chi connectivity index (χ0) is 24.1. The topological polar surface area (TPSA) is 90.9 Å². The molecule has 0 saturated carbocycles. The molecule has 2 aromatic heterocycles. The van der Waals surface area contributed by atoms with Crippen LogP contribution in [0, 0.1) is 6.92 Å². The molecule has 0 radical (unpaired) electrons. The predicted octanol–water partition coefficient (Wildman–Crippen LogP) is 2.29. The van der Waals surface area contributed by atoms with Gasteiger partial charge in [-0.05, 0) is 37.8 Å². The first kappa shape index (κ1) is 23.2. The summed E-state index contributed by atoms with van der Waals surface area (Å²) in [6, 6.07) is 19.6. The summed E-state index contributed by atoms with van der Waals surface area (Å²) in [6.07, 6.45) is 1.23. The number of hydrogen-bond donors (Lipinski definition) is 1. The highest BCUT2D eigenvalue weighted by molar-refractivity contribution is 5.81. The third kappa shape index (κ3) is 4.85. The van der Waals surface area contributed by atoms with Gasteiger partial charge in [-0.2, -0.15) is 5.10 Å². The van der Waals surface area contributed by atoms with Gasteiger partial charge in [0.05, 0.1) is 5.69 Å². The Morgan fingerprint density at radius 3 is 2.12 bits per heavy atom. The number of amides is 1. The van der Waals surface area contributed by atoms with Crippen LogP contribution in [0.15, 0.2) is 70.3 Å². The van der Waals surface area contributed by atoms with E-state index in [-0.39, 0.29) is 24.6 Å². The standard InChI is InChI=1S/C26H29N5O3/c1-3-31-24-23(19(2)28-31)30(18-22(32)27-16-14-20-10-6-4-7-11-20)26(34)29(25(24)33)17-15-21-12-8-5-9-13-21/h4-13H,3,14-18H2,1-2H3,(H,27,32). The number of nitrogens with one attached hydrogen (secondary N) is 1. The minimum atomic E-state index is -0.495. The second-order valence-corrected chi connectivity index (χ2v) is 8.25. The molecule has 0 aliphatic carbocycles. The Balaban J connectivity index is 1.64. The van der Waals surface area contributed by atoms with Crippen LogP contribution in [0.1, 0.15) is 23.7 Å². The number of benzene rings is 2.